The molecule has 3 rings (SSSR count). The lowest BCUT2D eigenvalue weighted by Gasteiger charge is -2.09. The molecule has 0 saturated carbocycles. The molecule has 0 spiro atoms. The summed E-state index contributed by atoms with van der Waals surface area (Å²) in [4.78, 5) is 28.4. The molecule has 0 saturated heterocycles. The van der Waals surface area contributed by atoms with Crippen molar-refractivity contribution in [3.05, 3.63) is 57.0 Å². The van der Waals surface area contributed by atoms with Gasteiger partial charge in [0.15, 0.2) is 11.2 Å². The number of fused-ring (bicyclic) bond motifs is 1. The average molecular weight is 358 g/mol. The van der Waals surface area contributed by atoms with E-state index in [1.54, 1.807) is 17.9 Å². The second kappa shape index (κ2) is 7.57. The van der Waals surface area contributed by atoms with Gasteiger partial charge < -0.3 is 14.0 Å². The Morgan fingerprint density at radius 3 is 2.46 bits per heavy atom. The normalized spacial score (nSPS) is 11.2. The third kappa shape index (κ3) is 3.55. The van der Waals surface area contributed by atoms with Gasteiger partial charge in [-0.2, -0.15) is 0 Å². The Kier molecular flexibility index (Phi) is 5.22. The SMILES string of the molecule is Cc1ccc(OCCOCCn2cnc3c2c(=O)n(C)c(=O)n3C)cc1. The number of benzene rings is 1. The van der Waals surface area contributed by atoms with Crippen LogP contribution in [-0.2, 0) is 25.4 Å². The minimum absolute atomic E-state index is 0.358. The quantitative estimate of drug-likeness (QED) is 0.585. The first-order chi connectivity index (χ1) is 12.5. The molecule has 8 heteroatoms. The number of imidazole rings is 1. The zero-order valence-electron chi connectivity index (χ0n) is 15.1. The highest BCUT2D eigenvalue weighted by Crippen LogP contribution is 2.11. The van der Waals surface area contributed by atoms with Crippen LogP contribution >= 0.6 is 0 Å². The van der Waals surface area contributed by atoms with Crippen LogP contribution in [0, 0.1) is 6.92 Å². The summed E-state index contributed by atoms with van der Waals surface area (Å²) in [6, 6.07) is 7.84. The highest BCUT2D eigenvalue weighted by molar-refractivity contribution is 5.69. The second-order valence-corrected chi connectivity index (χ2v) is 6.09. The first-order valence-electron chi connectivity index (χ1n) is 8.37. The maximum Gasteiger partial charge on any atom is 0.332 e. The third-order valence-corrected chi connectivity index (χ3v) is 4.21. The van der Waals surface area contributed by atoms with Gasteiger partial charge in [-0.3, -0.25) is 13.9 Å². The highest BCUT2D eigenvalue weighted by atomic mass is 16.5. The van der Waals surface area contributed by atoms with Gasteiger partial charge in [-0.05, 0) is 19.1 Å². The Hall–Kier alpha value is -2.87. The van der Waals surface area contributed by atoms with Gasteiger partial charge in [0, 0.05) is 20.6 Å². The van der Waals surface area contributed by atoms with Crippen LogP contribution in [0.4, 0.5) is 0 Å². The molecule has 0 aliphatic carbocycles. The lowest BCUT2D eigenvalue weighted by Crippen LogP contribution is -2.37. The van der Waals surface area contributed by atoms with E-state index < -0.39 is 5.69 Å². The van der Waals surface area contributed by atoms with Crippen LogP contribution in [0.2, 0.25) is 0 Å². The van der Waals surface area contributed by atoms with Crippen molar-refractivity contribution in [2.75, 3.05) is 19.8 Å². The lowest BCUT2D eigenvalue weighted by molar-refractivity contribution is 0.0948. The summed E-state index contributed by atoms with van der Waals surface area (Å²) in [6.45, 7) is 3.79. The van der Waals surface area contributed by atoms with Gasteiger partial charge in [0.1, 0.15) is 12.4 Å². The molecule has 0 aliphatic rings. The van der Waals surface area contributed by atoms with E-state index in [-0.39, 0.29) is 5.56 Å². The molecule has 0 amide bonds. The molecule has 0 N–H and O–H groups in total. The van der Waals surface area contributed by atoms with Crippen molar-refractivity contribution in [2.24, 2.45) is 14.1 Å². The summed E-state index contributed by atoms with van der Waals surface area (Å²) < 4.78 is 15.3. The number of nitrogens with zero attached hydrogens (tertiary/aromatic N) is 4. The summed E-state index contributed by atoms with van der Waals surface area (Å²) in [5.41, 5.74) is 1.21. The molecule has 0 unspecified atom stereocenters. The first-order valence-corrected chi connectivity index (χ1v) is 8.37. The third-order valence-electron chi connectivity index (χ3n) is 4.21. The lowest BCUT2D eigenvalue weighted by atomic mass is 10.2. The van der Waals surface area contributed by atoms with E-state index in [0.717, 1.165) is 10.3 Å². The molecule has 3 aromatic rings. The van der Waals surface area contributed by atoms with Gasteiger partial charge >= 0.3 is 5.69 Å². The fraction of sp³-hybridized carbons (Fsp3) is 0.389. The fourth-order valence-electron chi connectivity index (χ4n) is 2.68. The molecule has 2 heterocycles. The number of rotatable bonds is 7. The number of aromatic nitrogens is 4. The van der Waals surface area contributed by atoms with Crippen LogP contribution < -0.4 is 16.0 Å². The number of hydrogen-bond acceptors (Lipinski definition) is 5. The summed E-state index contributed by atoms with van der Waals surface area (Å²) in [6.07, 6.45) is 1.55. The molecule has 26 heavy (non-hydrogen) atoms. The molecule has 8 nitrogen and oxygen atoms in total. The summed E-state index contributed by atoms with van der Waals surface area (Å²) in [5, 5.41) is 0. The van der Waals surface area contributed by atoms with Crippen molar-refractivity contribution in [1.29, 1.82) is 0 Å². The van der Waals surface area contributed by atoms with Crippen LogP contribution in [-0.4, -0.2) is 38.5 Å². The van der Waals surface area contributed by atoms with Crippen molar-refractivity contribution in [2.45, 2.75) is 13.5 Å². The number of aryl methyl sites for hydroxylation is 2. The summed E-state index contributed by atoms with van der Waals surface area (Å²) >= 11 is 0. The Balaban J connectivity index is 1.55. The van der Waals surface area contributed by atoms with E-state index in [1.165, 1.54) is 17.2 Å². The Labute approximate surface area is 150 Å². The minimum Gasteiger partial charge on any atom is -0.491 e. The fourth-order valence-corrected chi connectivity index (χ4v) is 2.68. The van der Waals surface area contributed by atoms with Crippen LogP contribution in [0.5, 0.6) is 5.75 Å². The number of hydrogen-bond donors (Lipinski definition) is 0. The van der Waals surface area contributed by atoms with Crippen molar-refractivity contribution < 1.29 is 9.47 Å². The molecular weight excluding hydrogens is 336 g/mol. The average Bonchev–Trinajstić information content (AvgIpc) is 3.06. The smallest absolute Gasteiger partial charge is 0.332 e. The van der Waals surface area contributed by atoms with Gasteiger partial charge in [-0.25, -0.2) is 9.78 Å². The van der Waals surface area contributed by atoms with Crippen LogP contribution in [0.3, 0.4) is 0 Å². The second-order valence-electron chi connectivity index (χ2n) is 6.09. The summed E-state index contributed by atoms with van der Waals surface area (Å²) in [5.74, 6) is 0.809. The Bertz CT molecular complexity index is 1010. The molecular formula is C18H22N4O4. The molecule has 138 valence electrons. The molecule has 0 aliphatic heterocycles. The van der Waals surface area contributed by atoms with Crippen molar-refractivity contribution in [3.63, 3.8) is 0 Å². The molecule has 0 fully saturated rings. The van der Waals surface area contributed by atoms with Crippen LogP contribution in [0.1, 0.15) is 5.56 Å². The molecule has 0 radical (unpaired) electrons. The summed E-state index contributed by atoms with van der Waals surface area (Å²) in [7, 11) is 3.06. The van der Waals surface area contributed by atoms with E-state index in [9.17, 15) is 9.59 Å². The number of ether oxygens (including phenoxy) is 2. The predicted octanol–water partition coefficient (Wildman–Crippen LogP) is 0.838. The molecule has 1 aromatic carbocycles. The maximum atomic E-state index is 12.3. The van der Waals surface area contributed by atoms with E-state index >= 15 is 0 Å². The van der Waals surface area contributed by atoms with Gasteiger partial charge in [-0.15, -0.1) is 0 Å². The maximum absolute atomic E-state index is 12.3. The van der Waals surface area contributed by atoms with Gasteiger partial charge in [0.2, 0.25) is 0 Å². The minimum atomic E-state index is -0.391. The topological polar surface area (TPSA) is 80.3 Å². The van der Waals surface area contributed by atoms with Crippen molar-refractivity contribution in [3.8, 4) is 5.75 Å². The molecule has 2 aromatic heterocycles. The van der Waals surface area contributed by atoms with E-state index in [4.69, 9.17) is 9.47 Å². The standard InChI is InChI=1S/C18H22N4O4/c1-13-4-6-14(7-5-13)26-11-10-25-9-8-22-12-19-16-15(22)17(23)21(3)18(24)20(16)2/h4-7,12H,8-11H2,1-3H3. The largest absolute Gasteiger partial charge is 0.491 e. The molecule has 0 atom stereocenters. The highest BCUT2D eigenvalue weighted by Gasteiger charge is 2.13. The van der Waals surface area contributed by atoms with Gasteiger partial charge in [0.05, 0.1) is 19.5 Å². The zero-order valence-corrected chi connectivity index (χ0v) is 15.1. The van der Waals surface area contributed by atoms with E-state index in [1.807, 2.05) is 31.2 Å². The predicted molar refractivity (Wildman–Crippen MR) is 97.7 cm³/mol. The van der Waals surface area contributed by atoms with Crippen molar-refractivity contribution >= 4 is 11.2 Å². The van der Waals surface area contributed by atoms with E-state index in [0.29, 0.717) is 37.5 Å². The van der Waals surface area contributed by atoms with Crippen molar-refractivity contribution in [1.82, 2.24) is 18.7 Å². The zero-order chi connectivity index (χ0) is 18.7. The van der Waals surface area contributed by atoms with Crippen LogP contribution in [0.25, 0.3) is 11.2 Å². The monoisotopic (exact) mass is 358 g/mol. The van der Waals surface area contributed by atoms with E-state index in [2.05, 4.69) is 4.98 Å². The Morgan fingerprint density at radius 2 is 1.73 bits per heavy atom. The molecule has 0 bridgehead atoms. The van der Waals surface area contributed by atoms with Gasteiger partial charge in [-0.1, -0.05) is 17.7 Å². The van der Waals surface area contributed by atoms with Crippen LogP contribution in [0.15, 0.2) is 40.2 Å². The Morgan fingerprint density at radius 1 is 1.00 bits per heavy atom. The van der Waals surface area contributed by atoms with Gasteiger partial charge in [0.25, 0.3) is 5.56 Å². The first kappa shape index (κ1) is 17.9.